The minimum atomic E-state index is -0.337. The molecule has 1 N–H and O–H groups in total. The maximum Gasteiger partial charge on any atom is 0.409 e. The molecule has 1 saturated heterocycles. The van der Waals surface area contributed by atoms with Crippen LogP contribution in [0.3, 0.4) is 0 Å². The molecule has 2 heterocycles. The Kier molecular flexibility index (Phi) is 6.08. The molecule has 1 aliphatic rings. The molecule has 0 bridgehead atoms. The number of hydrogen-bond donors (Lipinski definition) is 1. The van der Waals surface area contributed by atoms with E-state index in [1.807, 2.05) is 26.0 Å². The summed E-state index contributed by atoms with van der Waals surface area (Å²) >= 11 is 0. The molecule has 1 aromatic heterocycles. The Balaban J connectivity index is 1.60. The van der Waals surface area contributed by atoms with Gasteiger partial charge >= 0.3 is 6.09 Å². The second kappa shape index (κ2) is 8.69. The Labute approximate surface area is 164 Å². The van der Waals surface area contributed by atoms with E-state index < -0.39 is 0 Å². The lowest BCUT2D eigenvalue weighted by molar-refractivity contribution is 0.0565. The zero-order chi connectivity index (χ0) is 20.1. The number of aromatic nitrogens is 2. The number of nitrogens with zero attached hydrogens (tertiary/aromatic N) is 4. The van der Waals surface area contributed by atoms with Crippen molar-refractivity contribution in [2.75, 3.05) is 38.1 Å². The van der Waals surface area contributed by atoms with Gasteiger partial charge in [0, 0.05) is 31.9 Å². The van der Waals surface area contributed by atoms with Crippen molar-refractivity contribution in [1.82, 2.24) is 20.0 Å². The van der Waals surface area contributed by atoms with E-state index in [-0.39, 0.29) is 17.7 Å². The summed E-state index contributed by atoms with van der Waals surface area (Å²) < 4.78 is 4.99. The molecule has 1 aliphatic heterocycles. The molecule has 8 heteroatoms. The smallest absolute Gasteiger partial charge is 0.409 e. The van der Waals surface area contributed by atoms with Gasteiger partial charge in [-0.3, -0.25) is 4.79 Å². The van der Waals surface area contributed by atoms with Crippen LogP contribution in [0.1, 0.15) is 28.5 Å². The van der Waals surface area contributed by atoms with Gasteiger partial charge in [0.2, 0.25) is 0 Å². The van der Waals surface area contributed by atoms with Crippen LogP contribution in [-0.4, -0.2) is 64.8 Å². The lowest BCUT2D eigenvalue weighted by Gasteiger charge is -2.33. The number of piperazine rings is 1. The third-order valence-corrected chi connectivity index (χ3v) is 4.63. The summed E-state index contributed by atoms with van der Waals surface area (Å²) in [5.74, 6) is 0.395. The Bertz CT molecular complexity index is 845. The Morgan fingerprint density at radius 2 is 1.75 bits per heavy atom. The molecular formula is C20H25N5O3. The number of carbonyl (C=O) groups excluding carboxylic acids is 2. The highest BCUT2D eigenvalue weighted by Gasteiger charge is 2.26. The van der Waals surface area contributed by atoms with Gasteiger partial charge in [0.05, 0.1) is 6.61 Å². The molecule has 0 aliphatic carbocycles. The molecule has 0 radical (unpaired) electrons. The summed E-state index contributed by atoms with van der Waals surface area (Å²) in [6, 6.07) is 9.55. The van der Waals surface area contributed by atoms with E-state index in [0.29, 0.717) is 38.6 Å². The predicted octanol–water partition coefficient (Wildman–Crippen LogP) is 2.75. The first-order chi connectivity index (χ1) is 13.5. The van der Waals surface area contributed by atoms with E-state index in [1.54, 1.807) is 28.9 Å². The van der Waals surface area contributed by atoms with E-state index in [0.717, 1.165) is 16.8 Å². The van der Waals surface area contributed by atoms with Crippen LogP contribution in [0.15, 0.2) is 30.3 Å². The summed E-state index contributed by atoms with van der Waals surface area (Å²) in [6.45, 7) is 7.95. The fraction of sp³-hybridized carbons (Fsp3) is 0.400. The second-order valence-corrected chi connectivity index (χ2v) is 6.73. The average Bonchev–Trinajstić information content (AvgIpc) is 2.71. The third kappa shape index (κ3) is 4.57. The summed E-state index contributed by atoms with van der Waals surface area (Å²) in [5.41, 5.74) is 3.50. The molecule has 1 aromatic carbocycles. The van der Waals surface area contributed by atoms with E-state index in [1.165, 1.54) is 0 Å². The first kappa shape index (κ1) is 19.6. The van der Waals surface area contributed by atoms with Crippen molar-refractivity contribution in [2.45, 2.75) is 20.8 Å². The van der Waals surface area contributed by atoms with Crippen LogP contribution in [0.5, 0.6) is 0 Å². The third-order valence-electron chi connectivity index (χ3n) is 4.63. The number of rotatable bonds is 4. The standard InChI is InChI=1S/C20H25N5O3/c1-4-28-20(27)25-11-9-24(10-12-25)19(26)16-7-8-18(23-22-16)21-17-13-14(2)5-6-15(17)3/h5-8,13H,4,9-12H2,1-3H3,(H,21,23). The van der Waals surface area contributed by atoms with E-state index in [9.17, 15) is 9.59 Å². The van der Waals surface area contributed by atoms with Crippen LogP contribution in [0.4, 0.5) is 16.3 Å². The molecule has 2 aromatic rings. The van der Waals surface area contributed by atoms with Crippen molar-refractivity contribution in [3.05, 3.63) is 47.2 Å². The van der Waals surface area contributed by atoms with E-state index >= 15 is 0 Å². The van der Waals surface area contributed by atoms with Crippen molar-refractivity contribution < 1.29 is 14.3 Å². The van der Waals surface area contributed by atoms with Crippen LogP contribution < -0.4 is 5.32 Å². The first-order valence-electron chi connectivity index (χ1n) is 9.37. The lowest BCUT2D eigenvalue weighted by atomic mass is 10.1. The van der Waals surface area contributed by atoms with Crippen LogP contribution in [0, 0.1) is 13.8 Å². The fourth-order valence-electron chi connectivity index (χ4n) is 2.99. The summed E-state index contributed by atoms with van der Waals surface area (Å²) in [4.78, 5) is 27.7. The number of carbonyl (C=O) groups is 2. The Morgan fingerprint density at radius 3 is 2.39 bits per heavy atom. The Morgan fingerprint density at radius 1 is 1.04 bits per heavy atom. The number of ether oxygens (including phenoxy) is 1. The van der Waals surface area contributed by atoms with Crippen LogP contribution in [-0.2, 0) is 4.74 Å². The summed E-state index contributed by atoms with van der Waals surface area (Å²) in [7, 11) is 0. The number of nitrogens with one attached hydrogen (secondary N) is 1. The quantitative estimate of drug-likeness (QED) is 0.873. The molecule has 3 rings (SSSR count). The highest BCUT2D eigenvalue weighted by Crippen LogP contribution is 2.20. The van der Waals surface area contributed by atoms with Crippen LogP contribution in [0.2, 0.25) is 0 Å². The minimum absolute atomic E-state index is 0.186. The number of anilines is 2. The normalized spacial score (nSPS) is 14.0. The molecule has 8 nitrogen and oxygen atoms in total. The van der Waals surface area contributed by atoms with Gasteiger partial charge in [0.15, 0.2) is 11.5 Å². The van der Waals surface area contributed by atoms with Gasteiger partial charge in [-0.05, 0) is 50.1 Å². The van der Waals surface area contributed by atoms with Crippen LogP contribution >= 0.6 is 0 Å². The summed E-state index contributed by atoms with van der Waals surface area (Å²) in [6.07, 6.45) is -0.337. The maximum absolute atomic E-state index is 12.6. The molecule has 0 unspecified atom stereocenters. The largest absolute Gasteiger partial charge is 0.450 e. The molecule has 0 saturated carbocycles. The number of hydrogen-bond acceptors (Lipinski definition) is 6. The molecule has 0 atom stereocenters. The van der Waals surface area contributed by atoms with Gasteiger partial charge in [0.1, 0.15) is 0 Å². The van der Waals surface area contributed by atoms with Crippen molar-refractivity contribution in [3.8, 4) is 0 Å². The maximum atomic E-state index is 12.6. The van der Waals surface area contributed by atoms with E-state index in [4.69, 9.17) is 4.74 Å². The fourth-order valence-corrected chi connectivity index (χ4v) is 2.99. The van der Waals surface area contributed by atoms with Crippen molar-refractivity contribution in [3.63, 3.8) is 0 Å². The number of aryl methyl sites for hydroxylation is 2. The molecule has 148 valence electrons. The van der Waals surface area contributed by atoms with Crippen LogP contribution in [0.25, 0.3) is 0 Å². The molecule has 28 heavy (non-hydrogen) atoms. The van der Waals surface area contributed by atoms with E-state index in [2.05, 4.69) is 21.6 Å². The topological polar surface area (TPSA) is 87.7 Å². The molecule has 0 spiro atoms. The minimum Gasteiger partial charge on any atom is -0.450 e. The predicted molar refractivity (Wildman–Crippen MR) is 106 cm³/mol. The monoisotopic (exact) mass is 383 g/mol. The summed E-state index contributed by atoms with van der Waals surface area (Å²) in [5, 5.41) is 11.4. The molecule has 2 amide bonds. The van der Waals surface area contributed by atoms with Gasteiger partial charge in [0.25, 0.3) is 5.91 Å². The lowest BCUT2D eigenvalue weighted by Crippen LogP contribution is -2.50. The van der Waals surface area contributed by atoms with Gasteiger partial charge in [-0.25, -0.2) is 4.79 Å². The zero-order valence-corrected chi connectivity index (χ0v) is 16.4. The van der Waals surface area contributed by atoms with Gasteiger partial charge in [-0.2, -0.15) is 0 Å². The van der Waals surface area contributed by atoms with Crippen molar-refractivity contribution in [2.24, 2.45) is 0 Å². The Hall–Kier alpha value is -3.16. The van der Waals surface area contributed by atoms with Gasteiger partial charge in [-0.15, -0.1) is 10.2 Å². The van der Waals surface area contributed by atoms with Crippen molar-refractivity contribution in [1.29, 1.82) is 0 Å². The highest BCUT2D eigenvalue weighted by molar-refractivity contribution is 5.92. The van der Waals surface area contributed by atoms with Crippen molar-refractivity contribution >= 4 is 23.5 Å². The number of benzene rings is 1. The molecular weight excluding hydrogens is 358 g/mol. The average molecular weight is 383 g/mol. The van der Waals surface area contributed by atoms with Gasteiger partial charge < -0.3 is 19.9 Å². The zero-order valence-electron chi connectivity index (χ0n) is 16.4. The highest BCUT2D eigenvalue weighted by atomic mass is 16.6. The molecule has 1 fully saturated rings. The van der Waals surface area contributed by atoms with Gasteiger partial charge in [-0.1, -0.05) is 12.1 Å². The SMILES string of the molecule is CCOC(=O)N1CCN(C(=O)c2ccc(Nc3cc(C)ccc3C)nn2)CC1. The number of amides is 2. The first-order valence-corrected chi connectivity index (χ1v) is 9.37. The second-order valence-electron chi connectivity index (χ2n) is 6.73.